The molecule has 0 fully saturated rings. The largest absolute Gasteiger partial charge is 0.371 e. The van der Waals surface area contributed by atoms with Crippen LogP contribution in [0.15, 0.2) is 30.5 Å². The third-order valence-corrected chi connectivity index (χ3v) is 4.28. The Balaban J connectivity index is 2.03. The lowest BCUT2D eigenvalue weighted by Crippen LogP contribution is -2.33. The van der Waals surface area contributed by atoms with Gasteiger partial charge in [0.25, 0.3) is 0 Å². The van der Waals surface area contributed by atoms with Crippen LogP contribution in [0.1, 0.15) is 35.9 Å². The fourth-order valence-corrected chi connectivity index (χ4v) is 3.32. The Morgan fingerprint density at radius 1 is 1.48 bits per heavy atom. The van der Waals surface area contributed by atoms with Crippen LogP contribution in [-0.2, 0) is 18.2 Å². The molecule has 0 saturated heterocycles. The molecule has 2 aromatic rings. The van der Waals surface area contributed by atoms with Gasteiger partial charge in [0.2, 0.25) is 0 Å². The van der Waals surface area contributed by atoms with Crippen molar-refractivity contribution in [3.05, 3.63) is 52.3 Å². The molecule has 2 heterocycles. The maximum Gasteiger partial charge on any atom is 0.104 e. The SMILES string of the molecule is CCNC(c1c(Cl)cnn1C)C1OCCc2ccccc21. The Morgan fingerprint density at radius 2 is 2.29 bits per heavy atom. The maximum atomic E-state index is 6.34. The van der Waals surface area contributed by atoms with E-state index in [0.29, 0.717) is 5.02 Å². The Labute approximate surface area is 130 Å². The molecule has 1 aromatic heterocycles. The lowest BCUT2D eigenvalue weighted by molar-refractivity contribution is 0.0132. The van der Waals surface area contributed by atoms with E-state index in [4.69, 9.17) is 16.3 Å². The number of aryl methyl sites for hydroxylation is 1. The summed E-state index contributed by atoms with van der Waals surface area (Å²) < 4.78 is 7.92. The first-order chi connectivity index (χ1) is 10.2. The van der Waals surface area contributed by atoms with Crippen LogP contribution in [0.4, 0.5) is 0 Å². The maximum absolute atomic E-state index is 6.34. The van der Waals surface area contributed by atoms with Crippen molar-refractivity contribution in [2.45, 2.75) is 25.5 Å². The van der Waals surface area contributed by atoms with Crippen LogP contribution in [0.25, 0.3) is 0 Å². The van der Waals surface area contributed by atoms with E-state index in [1.54, 1.807) is 6.20 Å². The number of ether oxygens (including phenoxy) is 1. The van der Waals surface area contributed by atoms with Crippen molar-refractivity contribution < 1.29 is 4.74 Å². The molecule has 1 aliphatic heterocycles. The van der Waals surface area contributed by atoms with Crippen LogP contribution in [0.5, 0.6) is 0 Å². The number of halogens is 1. The van der Waals surface area contributed by atoms with Gasteiger partial charge in [-0.3, -0.25) is 4.68 Å². The minimum atomic E-state index is -0.0391. The molecule has 1 aromatic carbocycles. The van der Waals surface area contributed by atoms with Gasteiger partial charge >= 0.3 is 0 Å². The number of aromatic nitrogens is 2. The molecule has 112 valence electrons. The highest BCUT2D eigenvalue weighted by Crippen LogP contribution is 2.38. The first-order valence-electron chi connectivity index (χ1n) is 7.32. The van der Waals surface area contributed by atoms with E-state index in [-0.39, 0.29) is 12.1 Å². The topological polar surface area (TPSA) is 39.1 Å². The molecule has 0 aliphatic carbocycles. The number of nitrogens with one attached hydrogen (secondary N) is 1. The van der Waals surface area contributed by atoms with Crippen LogP contribution in [0.2, 0.25) is 5.02 Å². The molecule has 0 spiro atoms. The number of hydrogen-bond donors (Lipinski definition) is 1. The quantitative estimate of drug-likeness (QED) is 0.943. The first kappa shape index (κ1) is 14.6. The minimum absolute atomic E-state index is 0.00329. The van der Waals surface area contributed by atoms with E-state index in [2.05, 4.69) is 41.6 Å². The number of benzene rings is 1. The standard InChI is InChI=1S/C16H20ClN3O/c1-3-18-14(15-13(17)10-19-20(15)2)16-12-7-5-4-6-11(12)8-9-21-16/h4-7,10,14,16,18H,3,8-9H2,1-2H3. The molecule has 4 nitrogen and oxygen atoms in total. The Bertz CT molecular complexity index is 606. The Hall–Kier alpha value is -1.36. The first-order valence-corrected chi connectivity index (χ1v) is 7.70. The van der Waals surface area contributed by atoms with Gasteiger partial charge in [-0.15, -0.1) is 0 Å². The normalized spacial score (nSPS) is 19.3. The molecule has 0 radical (unpaired) electrons. The van der Waals surface area contributed by atoms with E-state index < -0.39 is 0 Å². The molecular weight excluding hydrogens is 286 g/mol. The summed E-state index contributed by atoms with van der Waals surface area (Å²) in [6.07, 6.45) is 2.61. The van der Waals surface area contributed by atoms with Gasteiger partial charge < -0.3 is 10.1 Å². The number of nitrogens with zero attached hydrogens (tertiary/aromatic N) is 2. The fourth-order valence-electron chi connectivity index (χ4n) is 3.04. The average molecular weight is 306 g/mol. The second-order valence-corrected chi connectivity index (χ2v) is 5.68. The number of fused-ring (bicyclic) bond motifs is 1. The summed E-state index contributed by atoms with van der Waals surface area (Å²) in [6.45, 7) is 3.67. The zero-order chi connectivity index (χ0) is 14.8. The Morgan fingerprint density at radius 3 is 3.00 bits per heavy atom. The summed E-state index contributed by atoms with van der Waals surface area (Å²) in [4.78, 5) is 0. The molecule has 5 heteroatoms. The van der Waals surface area contributed by atoms with Crippen molar-refractivity contribution in [1.29, 1.82) is 0 Å². The smallest absolute Gasteiger partial charge is 0.104 e. The average Bonchev–Trinajstić information content (AvgIpc) is 2.84. The van der Waals surface area contributed by atoms with Crippen molar-refractivity contribution in [3.63, 3.8) is 0 Å². The summed E-state index contributed by atoms with van der Waals surface area (Å²) >= 11 is 6.34. The molecule has 0 saturated carbocycles. The highest BCUT2D eigenvalue weighted by Gasteiger charge is 2.32. The van der Waals surface area contributed by atoms with E-state index in [0.717, 1.165) is 25.3 Å². The molecule has 1 aliphatic rings. The van der Waals surface area contributed by atoms with Gasteiger partial charge in [-0.2, -0.15) is 5.10 Å². The molecule has 0 amide bonds. The number of likely N-dealkylation sites (N-methyl/N-ethyl adjacent to an activating group) is 1. The van der Waals surface area contributed by atoms with Gasteiger partial charge in [-0.25, -0.2) is 0 Å². The van der Waals surface area contributed by atoms with Gasteiger partial charge in [-0.05, 0) is 24.1 Å². The lowest BCUT2D eigenvalue weighted by atomic mass is 9.91. The summed E-state index contributed by atoms with van der Waals surface area (Å²) in [7, 11) is 1.92. The van der Waals surface area contributed by atoms with Crippen molar-refractivity contribution >= 4 is 11.6 Å². The van der Waals surface area contributed by atoms with E-state index >= 15 is 0 Å². The fraction of sp³-hybridized carbons (Fsp3) is 0.438. The molecular formula is C16H20ClN3O. The van der Waals surface area contributed by atoms with Gasteiger partial charge in [0.1, 0.15) is 6.10 Å². The second kappa shape index (κ2) is 6.18. The molecule has 2 atom stereocenters. The second-order valence-electron chi connectivity index (χ2n) is 5.28. The van der Waals surface area contributed by atoms with Crippen LogP contribution in [-0.4, -0.2) is 22.9 Å². The van der Waals surface area contributed by atoms with Crippen LogP contribution >= 0.6 is 11.6 Å². The third-order valence-electron chi connectivity index (χ3n) is 3.99. The highest BCUT2D eigenvalue weighted by molar-refractivity contribution is 6.31. The number of rotatable bonds is 4. The van der Waals surface area contributed by atoms with Crippen molar-refractivity contribution in [1.82, 2.24) is 15.1 Å². The summed E-state index contributed by atoms with van der Waals surface area (Å²) in [5.41, 5.74) is 3.57. The van der Waals surface area contributed by atoms with Gasteiger partial charge in [-0.1, -0.05) is 42.8 Å². The number of hydrogen-bond acceptors (Lipinski definition) is 3. The molecule has 2 unspecified atom stereocenters. The lowest BCUT2D eigenvalue weighted by Gasteiger charge is -2.33. The molecule has 1 N–H and O–H groups in total. The van der Waals surface area contributed by atoms with E-state index in [1.165, 1.54) is 11.1 Å². The van der Waals surface area contributed by atoms with Crippen LogP contribution in [0.3, 0.4) is 0 Å². The van der Waals surface area contributed by atoms with Gasteiger partial charge in [0.15, 0.2) is 0 Å². The minimum Gasteiger partial charge on any atom is -0.371 e. The molecule has 3 rings (SSSR count). The predicted octanol–water partition coefficient (Wildman–Crippen LogP) is 3.04. The third kappa shape index (κ3) is 2.71. The summed E-state index contributed by atoms with van der Waals surface area (Å²) in [6, 6.07) is 8.47. The van der Waals surface area contributed by atoms with Crippen LogP contribution < -0.4 is 5.32 Å². The summed E-state index contributed by atoms with van der Waals surface area (Å²) in [5.74, 6) is 0. The highest BCUT2D eigenvalue weighted by atomic mass is 35.5. The zero-order valence-electron chi connectivity index (χ0n) is 12.3. The van der Waals surface area contributed by atoms with Crippen molar-refractivity contribution in [3.8, 4) is 0 Å². The van der Waals surface area contributed by atoms with E-state index in [9.17, 15) is 0 Å². The van der Waals surface area contributed by atoms with Crippen molar-refractivity contribution in [2.75, 3.05) is 13.2 Å². The van der Waals surface area contributed by atoms with E-state index in [1.807, 2.05) is 11.7 Å². The van der Waals surface area contributed by atoms with Gasteiger partial charge in [0.05, 0.1) is 29.6 Å². The monoisotopic (exact) mass is 305 g/mol. The van der Waals surface area contributed by atoms with Crippen LogP contribution in [0, 0.1) is 0 Å². The predicted molar refractivity (Wildman–Crippen MR) is 83.5 cm³/mol. The van der Waals surface area contributed by atoms with Gasteiger partial charge in [0, 0.05) is 7.05 Å². The Kier molecular flexibility index (Phi) is 4.29. The molecule has 21 heavy (non-hydrogen) atoms. The molecule has 0 bridgehead atoms. The summed E-state index contributed by atoms with van der Waals surface area (Å²) in [5, 5.41) is 8.44. The van der Waals surface area contributed by atoms with Crippen molar-refractivity contribution in [2.24, 2.45) is 7.05 Å². The zero-order valence-corrected chi connectivity index (χ0v) is 13.1.